The molecule has 1 heterocycles. The quantitative estimate of drug-likeness (QED) is 0.703. The number of nitrogens with zero attached hydrogens (tertiary/aromatic N) is 1. The van der Waals surface area contributed by atoms with Crippen LogP contribution in [0, 0.1) is 12.8 Å². The molecule has 0 saturated heterocycles. The lowest BCUT2D eigenvalue weighted by Crippen LogP contribution is -2.38. The van der Waals surface area contributed by atoms with E-state index < -0.39 is 10.0 Å². The summed E-state index contributed by atoms with van der Waals surface area (Å²) < 4.78 is 28.7. The highest BCUT2D eigenvalue weighted by Gasteiger charge is 2.25. The van der Waals surface area contributed by atoms with E-state index in [1.54, 1.807) is 43.0 Å². The third-order valence-electron chi connectivity index (χ3n) is 5.29. The maximum Gasteiger partial charge on any atom is 0.262 e. The molecule has 0 fully saturated rings. The Hall–Kier alpha value is -2.87. The number of anilines is 3. The fourth-order valence-corrected chi connectivity index (χ4v) is 4.94. The number of benzene rings is 2. The Kier molecular flexibility index (Phi) is 6.69. The van der Waals surface area contributed by atoms with Gasteiger partial charge in [-0.15, -0.1) is 0 Å². The summed E-state index contributed by atoms with van der Waals surface area (Å²) in [4.78, 5) is 26.1. The molecule has 0 aromatic heterocycles. The Bertz CT molecular complexity index is 1110. The van der Waals surface area contributed by atoms with Crippen LogP contribution in [0.3, 0.4) is 0 Å². The van der Waals surface area contributed by atoms with E-state index in [1.165, 1.54) is 6.07 Å². The number of amides is 2. The topological polar surface area (TPSA) is 95.6 Å². The molecule has 7 nitrogen and oxygen atoms in total. The Morgan fingerprint density at radius 2 is 1.81 bits per heavy atom. The van der Waals surface area contributed by atoms with Gasteiger partial charge < -0.3 is 10.2 Å². The Balaban J connectivity index is 1.88. The molecule has 0 bridgehead atoms. The SMILES string of the molecule is CCC(=O)Nc1ccc(S(=O)(=O)Nc2ccc3c(c2)N(C(=O)C(C)C)CCC3)c(C)c1. The molecule has 0 atom stereocenters. The summed E-state index contributed by atoms with van der Waals surface area (Å²) in [6, 6.07) is 10.0. The lowest BCUT2D eigenvalue weighted by molar-refractivity contribution is -0.121. The number of fused-ring (bicyclic) bond motifs is 1. The number of carbonyl (C=O) groups excluding carboxylic acids is 2. The Morgan fingerprint density at radius 3 is 2.45 bits per heavy atom. The fraction of sp³-hybridized carbons (Fsp3) is 0.391. The first-order chi connectivity index (χ1) is 14.6. The molecule has 0 radical (unpaired) electrons. The van der Waals surface area contributed by atoms with Crippen LogP contribution in [0.4, 0.5) is 17.1 Å². The minimum Gasteiger partial charge on any atom is -0.326 e. The number of hydrogen-bond acceptors (Lipinski definition) is 4. The van der Waals surface area contributed by atoms with E-state index in [1.807, 2.05) is 19.9 Å². The third-order valence-corrected chi connectivity index (χ3v) is 6.83. The Labute approximate surface area is 183 Å². The molecule has 2 N–H and O–H groups in total. The van der Waals surface area contributed by atoms with Gasteiger partial charge in [-0.1, -0.05) is 26.8 Å². The van der Waals surface area contributed by atoms with Gasteiger partial charge in [0.25, 0.3) is 10.0 Å². The van der Waals surface area contributed by atoms with Gasteiger partial charge in [0.1, 0.15) is 0 Å². The van der Waals surface area contributed by atoms with Crippen molar-refractivity contribution in [3.8, 4) is 0 Å². The predicted octanol–water partition coefficient (Wildman–Crippen LogP) is 4.08. The highest BCUT2D eigenvalue weighted by atomic mass is 32.2. The highest BCUT2D eigenvalue weighted by molar-refractivity contribution is 7.92. The molecule has 0 aliphatic carbocycles. The molecule has 3 rings (SSSR count). The molecule has 0 spiro atoms. The van der Waals surface area contributed by atoms with Crippen molar-refractivity contribution < 1.29 is 18.0 Å². The fourth-order valence-electron chi connectivity index (χ4n) is 3.67. The summed E-state index contributed by atoms with van der Waals surface area (Å²) in [7, 11) is -3.84. The molecular weight excluding hydrogens is 414 g/mol. The number of nitrogens with one attached hydrogen (secondary N) is 2. The summed E-state index contributed by atoms with van der Waals surface area (Å²) >= 11 is 0. The number of rotatable bonds is 6. The van der Waals surface area contributed by atoms with Crippen LogP contribution in [0.25, 0.3) is 0 Å². The smallest absolute Gasteiger partial charge is 0.262 e. The van der Waals surface area contributed by atoms with Crippen LogP contribution in [0.1, 0.15) is 44.7 Å². The largest absolute Gasteiger partial charge is 0.326 e. The van der Waals surface area contributed by atoms with Crippen LogP contribution >= 0.6 is 0 Å². The first-order valence-electron chi connectivity index (χ1n) is 10.5. The van der Waals surface area contributed by atoms with E-state index >= 15 is 0 Å². The van der Waals surface area contributed by atoms with Crippen LogP contribution in [0.15, 0.2) is 41.3 Å². The van der Waals surface area contributed by atoms with Crippen molar-refractivity contribution in [2.45, 2.75) is 51.9 Å². The van der Waals surface area contributed by atoms with Gasteiger partial charge in [0.2, 0.25) is 11.8 Å². The van der Waals surface area contributed by atoms with E-state index in [-0.39, 0.29) is 22.6 Å². The van der Waals surface area contributed by atoms with E-state index in [4.69, 9.17) is 0 Å². The van der Waals surface area contributed by atoms with Crippen molar-refractivity contribution >= 4 is 38.9 Å². The van der Waals surface area contributed by atoms with Crippen molar-refractivity contribution in [3.05, 3.63) is 47.5 Å². The molecule has 31 heavy (non-hydrogen) atoms. The predicted molar refractivity (Wildman–Crippen MR) is 123 cm³/mol. The average molecular weight is 444 g/mol. The number of carbonyl (C=O) groups is 2. The molecule has 1 aliphatic heterocycles. The van der Waals surface area contributed by atoms with Crippen LogP contribution in [-0.2, 0) is 26.0 Å². The highest BCUT2D eigenvalue weighted by Crippen LogP contribution is 2.32. The minimum atomic E-state index is -3.84. The van der Waals surface area contributed by atoms with Crippen molar-refractivity contribution in [2.24, 2.45) is 5.92 Å². The van der Waals surface area contributed by atoms with Crippen molar-refractivity contribution in [1.29, 1.82) is 0 Å². The van der Waals surface area contributed by atoms with Gasteiger partial charge in [0.15, 0.2) is 0 Å². The zero-order valence-electron chi connectivity index (χ0n) is 18.4. The normalized spacial score (nSPS) is 13.6. The van der Waals surface area contributed by atoms with Crippen molar-refractivity contribution in [3.63, 3.8) is 0 Å². The second-order valence-corrected chi connectivity index (χ2v) is 9.73. The summed E-state index contributed by atoms with van der Waals surface area (Å²) in [5.41, 5.74) is 3.29. The monoisotopic (exact) mass is 443 g/mol. The van der Waals surface area contributed by atoms with Crippen molar-refractivity contribution in [1.82, 2.24) is 0 Å². The molecule has 166 valence electrons. The first kappa shape index (κ1) is 22.8. The lowest BCUT2D eigenvalue weighted by Gasteiger charge is -2.31. The molecular formula is C23H29N3O4S. The van der Waals surface area contributed by atoms with E-state index in [0.717, 1.165) is 24.1 Å². The minimum absolute atomic E-state index is 0.0292. The summed E-state index contributed by atoms with van der Waals surface area (Å²) in [6.07, 6.45) is 2.08. The summed E-state index contributed by atoms with van der Waals surface area (Å²) in [6.45, 7) is 7.78. The van der Waals surface area contributed by atoms with Crippen molar-refractivity contribution in [2.75, 3.05) is 21.5 Å². The van der Waals surface area contributed by atoms with Crippen LogP contribution < -0.4 is 14.9 Å². The molecule has 0 saturated carbocycles. The second-order valence-electron chi connectivity index (χ2n) is 8.08. The van der Waals surface area contributed by atoms with Crippen LogP contribution in [0.5, 0.6) is 0 Å². The van der Waals surface area contributed by atoms with Crippen LogP contribution in [-0.4, -0.2) is 26.8 Å². The summed E-state index contributed by atoms with van der Waals surface area (Å²) in [5, 5.41) is 2.73. The molecule has 2 aromatic rings. The maximum atomic E-state index is 13.0. The van der Waals surface area contributed by atoms with Gasteiger partial charge >= 0.3 is 0 Å². The molecule has 2 aromatic carbocycles. The van der Waals surface area contributed by atoms with Crippen LogP contribution in [0.2, 0.25) is 0 Å². The average Bonchev–Trinajstić information content (AvgIpc) is 2.72. The van der Waals surface area contributed by atoms with Gasteiger partial charge in [-0.3, -0.25) is 14.3 Å². The molecule has 2 amide bonds. The van der Waals surface area contributed by atoms with Gasteiger partial charge in [-0.05, 0) is 61.2 Å². The lowest BCUT2D eigenvalue weighted by atomic mass is 9.99. The standard InChI is InChI=1S/C23H29N3O4S/c1-5-22(27)24-18-10-11-21(16(4)13-18)31(29,30)25-19-9-8-17-7-6-12-26(20(17)14-19)23(28)15(2)3/h8-11,13-15,25H,5-7,12H2,1-4H3,(H,24,27). The number of aryl methyl sites for hydroxylation is 2. The van der Waals surface area contributed by atoms with E-state index in [2.05, 4.69) is 10.0 Å². The van der Waals surface area contributed by atoms with Gasteiger partial charge in [0.05, 0.1) is 10.6 Å². The Morgan fingerprint density at radius 1 is 1.10 bits per heavy atom. The van der Waals surface area contributed by atoms with E-state index in [9.17, 15) is 18.0 Å². The first-order valence-corrected chi connectivity index (χ1v) is 12.0. The number of sulfonamides is 1. The second kappa shape index (κ2) is 9.09. The third kappa shape index (κ3) is 5.07. The molecule has 1 aliphatic rings. The van der Waals surface area contributed by atoms with E-state index in [0.29, 0.717) is 29.9 Å². The van der Waals surface area contributed by atoms with Gasteiger partial charge in [-0.25, -0.2) is 8.42 Å². The maximum absolute atomic E-state index is 13.0. The van der Waals surface area contributed by atoms with Gasteiger partial charge in [0, 0.05) is 30.3 Å². The number of hydrogen-bond donors (Lipinski definition) is 2. The zero-order valence-corrected chi connectivity index (χ0v) is 19.2. The zero-order chi connectivity index (χ0) is 22.8. The summed E-state index contributed by atoms with van der Waals surface area (Å²) in [5.74, 6) is -0.245. The van der Waals surface area contributed by atoms with Gasteiger partial charge in [-0.2, -0.15) is 0 Å². The molecule has 8 heteroatoms. The molecule has 0 unspecified atom stereocenters.